The minimum atomic E-state index is 0.109. The molecule has 0 aliphatic carbocycles. The number of hydrogen-bond acceptors (Lipinski definition) is 4. The Kier molecular flexibility index (Phi) is 6.84. The third kappa shape index (κ3) is 4.67. The summed E-state index contributed by atoms with van der Waals surface area (Å²) in [6, 6.07) is 3.91. The van der Waals surface area contributed by atoms with Gasteiger partial charge in [0.2, 0.25) is 0 Å². The largest absolute Gasteiger partial charge is 0.357 e. The standard InChI is InChI=1S/C18H30N4O/c1-4-9-21(10-5-2)17-8-7-16(15-19-17)18(23)22-13-11-20(6-3)12-14-22/h7-8,15H,4-6,9-14H2,1-3H3. The molecule has 128 valence electrons. The van der Waals surface area contributed by atoms with Gasteiger partial charge in [0.25, 0.3) is 5.91 Å². The average Bonchev–Trinajstić information content (AvgIpc) is 2.61. The summed E-state index contributed by atoms with van der Waals surface area (Å²) in [5.74, 6) is 1.08. The van der Waals surface area contributed by atoms with Crippen molar-refractivity contribution in [2.45, 2.75) is 33.6 Å². The van der Waals surface area contributed by atoms with E-state index in [2.05, 4.69) is 35.6 Å². The van der Waals surface area contributed by atoms with Crippen molar-refractivity contribution in [3.8, 4) is 0 Å². The van der Waals surface area contributed by atoms with Crippen molar-refractivity contribution < 1.29 is 4.79 Å². The van der Waals surface area contributed by atoms with Gasteiger partial charge >= 0.3 is 0 Å². The van der Waals surface area contributed by atoms with Crippen molar-refractivity contribution in [2.75, 3.05) is 50.7 Å². The van der Waals surface area contributed by atoms with Crippen molar-refractivity contribution in [1.29, 1.82) is 0 Å². The number of nitrogens with zero attached hydrogens (tertiary/aromatic N) is 4. The van der Waals surface area contributed by atoms with Gasteiger partial charge in [-0.1, -0.05) is 20.8 Å². The van der Waals surface area contributed by atoms with E-state index in [1.807, 2.05) is 17.0 Å². The molecule has 2 heterocycles. The van der Waals surface area contributed by atoms with E-state index >= 15 is 0 Å². The number of carbonyl (C=O) groups is 1. The van der Waals surface area contributed by atoms with E-state index in [0.717, 1.165) is 64.5 Å². The minimum Gasteiger partial charge on any atom is -0.357 e. The van der Waals surface area contributed by atoms with Crippen molar-refractivity contribution in [3.05, 3.63) is 23.9 Å². The molecule has 1 amide bonds. The number of anilines is 1. The highest BCUT2D eigenvalue weighted by Gasteiger charge is 2.21. The Morgan fingerprint density at radius 2 is 1.74 bits per heavy atom. The predicted molar refractivity (Wildman–Crippen MR) is 95.0 cm³/mol. The van der Waals surface area contributed by atoms with Crippen molar-refractivity contribution in [2.24, 2.45) is 0 Å². The van der Waals surface area contributed by atoms with Gasteiger partial charge in [0, 0.05) is 45.5 Å². The van der Waals surface area contributed by atoms with Gasteiger partial charge in [0.1, 0.15) is 5.82 Å². The van der Waals surface area contributed by atoms with Crippen LogP contribution in [-0.2, 0) is 0 Å². The van der Waals surface area contributed by atoms with E-state index in [4.69, 9.17) is 0 Å². The molecule has 1 aliphatic heterocycles. The second-order valence-corrected chi connectivity index (χ2v) is 6.12. The van der Waals surface area contributed by atoms with E-state index in [-0.39, 0.29) is 5.91 Å². The summed E-state index contributed by atoms with van der Waals surface area (Å²) in [7, 11) is 0. The molecule has 0 N–H and O–H groups in total. The van der Waals surface area contributed by atoms with Gasteiger partial charge in [0.15, 0.2) is 0 Å². The predicted octanol–water partition coefficient (Wildman–Crippen LogP) is 2.49. The minimum absolute atomic E-state index is 0.109. The SMILES string of the molecule is CCCN(CCC)c1ccc(C(=O)N2CCN(CC)CC2)cn1. The number of aromatic nitrogens is 1. The Balaban J connectivity index is 1.99. The molecular formula is C18H30N4O. The fraction of sp³-hybridized carbons (Fsp3) is 0.667. The maximum atomic E-state index is 12.6. The van der Waals surface area contributed by atoms with Crippen LogP contribution in [0.4, 0.5) is 5.82 Å². The van der Waals surface area contributed by atoms with E-state index in [0.29, 0.717) is 5.56 Å². The summed E-state index contributed by atoms with van der Waals surface area (Å²) < 4.78 is 0. The third-order valence-electron chi connectivity index (χ3n) is 4.41. The Morgan fingerprint density at radius 1 is 1.09 bits per heavy atom. The lowest BCUT2D eigenvalue weighted by Gasteiger charge is -2.34. The quantitative estimate of drug-likeness (QED) is 0.774. The van der Waals surface area contributed by atoms with Crippen LogP contribution in [-0.4, -0.2) is 66.5 Å². The normalized spacial score (nSPS) is 15.7. The molecule has 1 fully saturated rings. The van der Waals surface area contributed by atoms with Crippen LogP contribution < -0.4 is 4.90 Å². The molecule has 1 saturated heterocycles. The molecule has 0 bridgehead atoms. The highest BCUT2D eigenvalue weighted by Crippen LogP contribution is 2.14. The molecule has 0 spiro atoms. The van der Waals surface area contributed by atoms with E-state index < -0.39 is 0 Å². The average molecular weight is 318 g/mol. The number of likely N-dealkylation sites (N-methyl/N-ethyl adjacent to an activating group) is 1. The first-order valence-electron chi connectivity index (χ1n) is 8.92. The van der Waals surface area contributed by atoms with Crippen LogP contribution in [0.3, 0.4) is 0 Å². The molecule has 0 unspecified atom stereocenters. The number of rotatable bonds is 7. The Bertz CT molecular complexity index is 474. The lowest BCUT2D eigenvalue weighted by atomic mass is 10.2. The second kappa shape index (κ2) is 8.87. The first kappa shape index (κ1) is 17.7. The lowest BCUT2D eigenvalue weighted by molar-refractivity contribution is 0.0643. The maximum Gasteiger partial charge on any atom is 0.255 e. The van der Waals surface area contributed by atoms with Gasteiger partial charge in [-0.25, -0.2) is 4.98 Å². The fourth-order valence-corrected chi connectivity index (χ4v) is 3.03. The fourth-order valence-electron chi connectivity index (χ4n) is 3.03. The molecule has 2 rings (SSSR count). The topological polar surface area (TPSA) is 39.7 Å². The summed E-state index contributed by atoms with van der Waals surface area (Å²) in [4.78, 5) is 23.7. The molecule has 0 aromatic carbocycles. The highest BCUT2D eigenvalue weighted by molar-refractivity contribution is 5.94. The number of piperazine rings is 1. The van der Waals surface area contributed by atoms with Gasteiger partial charge < -0.3 is 14.7 Å². The van der Waals surface area contributed by atoms with Crippen molar-refractivity contribution >= 4 is 11.7 Å². The maximum absolute atomic E-state index is 12.6. The van der Waals surface area contributed by atoms with Gasteiger partial charge in [-0.15, -0.1) is 0 Å². The highest BCUT2D eigenvalue weighted by atomic mass is 16.2. The molecule has 1 aromatic rings. The van der Waals surface area contributed by atoms with Crippen LogP contribution in [0.2, 0.25) is 0 Å². The zero-order valence-corrected chi connectivity index (χ0v) is 14.8. The Labute approximate surface area is 140 Å². The van der Waals surface area contributed by atoms with E-state index in [1.54, 1.807) is 6.20 Å². The van der Waals surface area contributed by atoms with Gasteiger partial charge in [-0.05, 0) is 31.5 Å². The molecule has 5 nitrogen and oxygen atoms in total. The second-order valence-electron chi connectivity index (χ2n) is 6.12. The van der Waals surface area contributed by atoms with Crippen LogP contribution in [0.5, 0.6) is 0 Å². The zero-order chi connectivity index (χ0) is 16.7. The molecule has 1 aliphatic rings. The summed E-state index contributed by atoms with van der Waals surface area (Å²) in [6.07, 6.45) is 3.94. The lowest BCUT2D eigenvalue weighted by Crippen LogP contribution is -2.48. The van der Waals surface area contributed by atoms with Crippen LogP contribution >= 0.6 is 0 Å². The number of hydrogen-bond donors (Lipinski definition) is 0. The van der Waals surface area contributed by atoms with Crippen LogP contribution in [0, 0.1) is 0 Å². The summed E-state index contributed by atoms with van der Waals surface area (Å²) in [5, 5.41) is 0. The van der Waals surface area contributed by atoms with Crippen molar-refractivity contribution in [1.82, 2.24) is 14.8 Å². The van der Waals surface area contributed by atoms with Crippen LogP contribution in [0.1, 0.15) is 44.0 Å². The molecule has 5 heteroatoms. The summed E-state index contributed by atoms with van der Waals surface area (Å²) in [6.45, 7) is 13.1. The first-order chi connectivity index (χ1) is 11.2. The monoisotopic (exact) mass is 318 g/mol. The molecule has 0 atom stereocenters. The van der Waals surface area contributed by atoms with Gasteiger partial charge in [-0.3, -0.25) is 4.79 Å². The van der Waals surface area contributed by atoms with Crippen LogP contribution in [0.25, 0.3) is 0 Å². The first-order valence-corrected chi connectivity index (χ1v) is 8.92. The van der Waals surface area contributed by atoms with Gasteiger partial charge in [-0.2, -0.15) is 0 Å². The molecule has 0 radical (unpaired) electrons. The summed E-state index contributed by atoms with van der Waals surface area (Å²) >= 11 is 0. The Hall–Kier alpha value is -1.62. The van der Waals surface area contributed by atoms with Crippen LogP contribution in [0.15, 0.2) is 18.3 Å². The molecule has 1 aromatic heterocycles. The zero-order valence-electron chi connectivity index (χ0n) is 14.8. The molecule has 0 saturated carbocycles. The van der Waals surface area contributed by atoms with E-state index in [1.165, 1.54) is 0 Å². The Morgan fingerprint density at radius 3 is 2.22 bits per heavy atom. The number of pyridine rings is 1. The smallest absolute Gasteiger partial charge is 0.255 e. The van der Waals surface area contributed by atoms with Crippen molar-refractivity contribution in [3.63, 3.8) is 0 Å². The number of carbonyl (C=O) groups excluding carboxylic acids is 1. The summed E-state index contributed by atoms with van der Waals surface area (Å²) in [5.41, 5.74) is 0.701. The van der Waals surface area contributed by atoms with E-state index in [9.17, 15) is 4.79 Å². The molecular weight excluding hydrogens is 288 g/mol. The van der Waals surface area contributed by atoms with Gasteiger partial charge in [0.05, 0.1) is 5.56 Å². The third-order valence-corrected chi connectivity index (χ3v) is 4.41. The number of amides is 1. The molecule has 23 heavy (non-hydrogen) atoms.